The first kappa shape index (κ1) is 9.34. The van der Waals surface area contributed by atoms with E-state index in [1.54, 1.807) is 0 Å². The number of allylic oxidation sites excluding steroid dienone is 1. The molecule has 2 fully saturated rings. The Balaban J connectivity index is 2.00. The Morgan fingerprint density at radius 2 is 2.00 bits per heavy atom. The molecule has 2 saturated carbocycles. The van der Waals surface area contributed by atoms with Gasteiger partial charge < -0.3 is 0 Å². The van der Waals surface area contributed by atoms with Crippen molar-refractivity contribution in [3.05, 3.63) is 41.0 Å². The van der Waals surface area contributed by atoms with E-state index in [1.807, 2.05) is 30.3 Å². The van der Waals surface area contributed by atoms with Gasteiger partial charge >= 0.3 is 0 Å². The molecule has 3 aliphatic rings. The SMILES string of the molecule is O=C1CCC2CC23C(=O)c2ccccc2C=C13. The second kappa shape index (κ2) is 2.76. The lowest BCUT2D eigenvalue weighted by molar-refractivity contribution is -0.117. The minimum atomic E-state index is -0.413. The molecule has 2 heteroatoms. The molecular formula is C15H12O2. The Bertz CT molecular complexity index is 597. The monoisotopic (exact) mass is 224 g/mol. The van der Waals surface area contributed by atoms with Gasteiger partial charge in [-0.15, -0.1) is 0 Å². The van der Waals surface area contributed by atoms with E-state index >= 15 is 0 Å². The molecule has 2 nitrogen and oxygen atoms in total. The van der Waals surface area contributed by atoms with E-state index in [0.717, 1.165) is 29.5 Å². The molecule has 0 heterocycles. The summed E-state index contributed by atoms with van der Waals surface area (Å²) in [7, 11) is 0. The maximum Gasteiger partial charge on any atom is 0.174 e. The molecular weight excluding hydrogens is 212 g/mol. The Morgan fingerprint density at radius 1 is 1.18 bits per heavy atom. The molecule has 84 valence electrons. The highest BCUT2D eigenvalue weighted by Crippen LogP contribution is 2.66. The predicted octanol–water partition coefficient (Wildman–Crippen LogP) is 2.64. The maximum absolute atomic E-state index is 12.6. The number of ketones is 2. The van der Waals surface area contributed by atoms with Gasteiger partial charge in [-0.25, -0.2) is 0 Å². The molecule has 0 aliphatic heterocycles. The summed E-state index contributed by atoms with van der Waals surface area (Å²) in [4.78, 5) is 24.6. The van der Waals surface area contributed by atoms with Crippen LogP contribution in [-0.2, 0) is 4.79 Å². The highest BCUT2D eigenvalue weighted by Gasteiger charge is 2.66. The van der Waals surface area contributed by atoms with Crippen LogP contribution in [0, 0.1) is 11.3 Å². The smallest absolute Gasteiger partial charge is 0.174 e. The molecule has 2 unspecified atom stereocenters. The van der Waals surface area contributed by atoms with E-state index in [1.165, 1.54) is 0 Å². The molecule has 0 bridgehead atoms. The van der Waals surface area contributed by atoms with Crippen molar-refractivity contribution in [1.29, 1.82) is 0 Å². The van der Waals surface area contributed by atoms with Crippen LogP contribution in [0.2, 0.25) is 0 Å². The molecule has 0 saturated heterocycles. The van der Waals surface area contributed by atoms with E-state index in [2.05, 4.69) is 0 Å². The van der Waals surface area contributed by atoms with E-state index in [9.17, 15) is 9.59 Å². The van der Waals surface area contributed by atoms with Crippen LogP contribution in [0.15, 0.2) is 29.8 Å². The van der Waals surface area contributed by atoms with Crippen molar-refractivity contribution in [3.63, 3.8) is 0 Å². The number of Topliss-reactive ketones (excluding diaryl/α,β-unsaturated/α-hetero) is 2. The van der Waals surface area contributed by atoms with E-state index in [0.29, 0.717) is 12.3 Å². The first-order chi connectivity index (χ1) is 8.23. The first-order valence-electron chi connectivity index (χ1n) is 6.13. The molecule has 1 aromatic rings. The van der Waals surface area contributed by atoms with Crippen molar-refractivity contribution in [2.75, 3.05) is 0 Å². The maximum atomic E-state index is 12.6. The Morgan fingerprint density at radius 3 is 2.88 bits per heavy atom. The minimum absolute atomic E-state index is 0.182. The zero-order valence-corrected chi connectivity index (χ0v) is 9.40. The molecule has 0 amide bonds. The highest BCUT2D eigenvalue weighted by molar-refractivity contribution is 6.19. The summed E-state index contributed by atoms with van der Waals surface area (Å²) in [5, 5.41) is 0. The van der Waals surface area contributed by atoms with Gasteiger partial charge in [-0.05, 0) is 30.4 Å². The van der Waals surface area contributed by atoms with Crippen LogP contribution in [-0.4, -0.2) is 11.6 Å². The second-order valence-electron chi connectivity index (χ2n) is 5.31. The summed E-state index contributed by atoms with van der Waals surface area (Å²) in [6.07, 6.45) is 4.35. The summed E-state index contributed by atoms with van der Waals surface area (Å²) in [5.41, 5.74) is 2.09. The molecule has 2 atom stereocenters. The molecule has 17 heavy (non-hydrogen) atoms. The fourth-order valence-electron chi connectivity index (χ4n) is 3.53. The van der Waals surface area contributed by atoms with Crippen molar-refractivity contribution in [2.24, 2.45) is 11.3 Å². The van der Waals surface area contributed by atoms with Crippen LogP contribution in [0.25, 0.3) is 6.08 Å². The first-order valence-corrected chi connectivity index (χ1v) is 6.13. The van der Waals surface area contributed by atoms with Gasteiger partial charge in [0.05, 0.1) is 5.41 Å². The number of hydrogen-bond donors (Lipinski definition) is 0. The number of benzene rings is 1. The topological polar surface area (TPSA) is 34.1 Å². The van der Waals surface area contributed by atoms with Gasteiger partial charge in [-0.2, -0.15) is 0 Å². The molecule has 4 rings (SSSR count). The number of hydrogen-bond acceptors (Lipinski definition) is 2. The second-order valence-corrected chi connectivity index (χ2v) is 5.31. The Kier molecular flexibility index (Phi) is 1.51. The van der Waals surface area contributed by atoms with E-state index < -0.39 is 5.41 Å². The normalized spacial score (nSPS) is 33.4. The summed E-state index contributed by atoms with van der Waals surface area (Å²) in [6, 6.07) is 7.62. The van der Waals surface area contributed by atoms with Crippen LogP contribution < -0.4 is 0 Å². The van der Waals surface area contributed by atoms with E-state index in [4.69, 9.17) is 0 Å². The van der Waals surface area contributed by atoms with Crippen LogP contribution >= 0.6 is 0 Å². The summed E-state index contributed by atoms with van der Waals surface area (Å²) in [5.74, 6) is 0.789. The van der Waals surface area contributed by atoms with Gasteiger partial charge in [0, 0.05) is 17.6 Å². The van der Waals surface area contributed by atoms with Gasteiger partial charge in [0.2, 0.25) is 0 Å². The largest absolute Gasteiger partial charge is 0.295 e. The predicted molar refractivity (Wildman–Crippen MR) is 63.5 cm³/mol. The molecule has 1 spiro atoms. The molecule has 0 radical (unpaired) electrons. The van der Waals surface area contributed by atoms with Crippen molar-refractivity contribution in [1.82, 2.24) is 0 Å². The van der Waals surface area contributed by atoms with Gasteiger partial charge in [0.25, 0.3) is 0 Å². The lowest BCUT2D eigenvalue weighted by Crippen LogP contribution is -2.32. The quantitative estimate of drug-likeness (QED) is 0.679. The van der Waals surface area contributed by atoms with Gasteiger partial charge in [-0.3, -0.25) is 9.59 Å². The van der Waals surface area contributed by atoms with Crippen molar-refractivity contribution in [2.45, 2.75) is 19.3 Å². The van der Waals surface area contributed by atoms with E-state index in [-0.39, 0.29) is 11.6 Å². The van der Waals surface area contributed by atoms with Crippen LogP contribution in [0.1, 0.15) is 35.2 Å². The fourth-order valence-corrected chi connectivity index (χ4v) is 3.53. The third kappa shape index (κ3) is 0.967. The number of rotatable bonds is 0. The highest BCUT2D eigenvalue weighted by atomic mass is 16.1. The molecule has 0 aromatic heterocycles. The van der Waals surface area contributed by atoms with Gasteiger partial charge in [0.1, 0.15) is 0 Å². The van der Waals surface area contributed by atoms with Crippen LogP contribution in [0.4, 0.5) is 0 Å². The minimum Gasteiger partial charge on any atom is -0.295 e. The summed E-state index contributed by atoms with van der Waals surface area (Å²) >= 11 is 0. The van der Waals surface area contributed by atoms with Crippen molar-refractivity contribution < 1.29 is 9.59 Å². The third-order valence-corrected chi connectivity index (χ3v) is 4.52. The zero-order chi connectivity index (χ0) is 11.6. The lowest BCUT2D eigenvalue weighted by Gasteiger charge is -2.28. The van der Waals surface area contributed by atoms with Gasteiger partial charge in [0.15, 0.2) is 11.6 Å². The molecule has 1 aromatic carbocycles. The van der Waals surface area contributed by atoms with Crippen LogP contribution in [0.5, 0.6) is 0 Å². The van der Waals surface area contributed by atoms with Crippen LogP contribution in [0.3, 0.4) is 0 Å². The average Bonchev–Trinajstić information content (AvgIpc) is 3.08. The van der Waals surface area contributed by atoms with Crippen molar-refractivity contribution in [3.8, 4) is 0 Å². The van der Waals surface area contributed by atoms with Gasteiger partial charge in [-0.1, -0.05) is 24.3 Å². The number of carbonyl (C=O) groups excluding carboxylic acids is 2. The van der Waals surface area contributed by atoms with Crippen molar-refractivity contribution >= 4 is 17.6 Å². The summed E-state index contributed by atoms with van der Waals surface area (Å²) < 4.78 is 0. The Hall–Kier alpha value is -1.70. The Labute approximate surface area is 99.3 Å². The third-order valence-electron chi connectivity index (χ3n) is 4.52. The fraction of sp³-hybridized carbons (Fsp3) is 0.333. The lowest BCUT2D eigenvalue weighted by atomic mass is 9.72. The molecule has 3 aliphatic carbocycles. The summed E-state index contributed by atoms with van der Waals surface area (Å²) in [6.45, 7) is 0. The standard InChI is InChI=1S/C15H12O2/c16-13-6-5-10-8-15(10)12(13)7-9-3-1-2-4-11(9)14(15)17/h1-4,7,10H,5-6,8H2. The number of carbonyl (C=O) groups is 2. The average molecular weight is 224 g/mol. The zero-order valence-electron chi connectivity index (χ0n) is 9.40. The molecule has 0 N–H and O–H groups in total. The number of fused-ring (bicyclic) bond motifs is 1.